The number of ether oxygens (including phenoxy) is 1. The Morgan fingerprint density at radius 3 is 2.45 bits per heavy atom. The van der Waals surface area contributed by atoms with Crippen molar-refractivity contribution in [1.29, 1.82) is 0 Å². The maximum absolute atomic E-state index is 6.27. The minimum absolute atomic E-state index is 0.330. The van der Waals surface area contributed by atoms with Crippen molar-refractivity contribution in [2.75, 3.05) is 5.73 Å². The third-order valence-electron chi connectivity index (χ3n) is 3.34. The Morgan fingerprint density at radius 1 is 1.30 bits per heavy atom. The van der Waals surface area contributed by atoms with Crippen molar-refractivity contribution < 1.29 is 4.74 Å². The van der Waals surface area contributed by atoms with Gasteiger partial charge in [0.2, 0.25) is 5.88 Å². The van der Waals surface area contributed by atoms with Crippen LogP contribution < -0.4 is 10.5 Å². The van der Waals surface area contributed by atoms with Gasteiger partial charge in [-0.05, 0) is 43.0 Å². The fourth-order valence-corrected chi connectivity index (χ4v) is 2.54. The van der Waals surface area contributed by atoms with E-state index in [0.29, 0.717) is 17.5 Å². The molecule has 2 rings (SSSR count). The van der Waals surface area contributed by atoms with Gasteiger partial charge in [0.1, 0.15) is 11.4 Å². The highest BCUT2D eigenvalue weighted by Gasteiger charge is 2.15. The molecule has 2 aromatic rings. The molecule has 0 saturated carbocycles. The molecule has 1 aromatic carbocycles. The number of benzene rings is 1. The summed E-state index contributed by atoms with van der Waals surface area (Å²) < 4.78 is 7.60. The number of nitrogens with two attached hydrogens (primary N) is 1. The summed E-state index contributed by atoms with van der Waals surface area (Å²) in [4.78, 5) is 0. The van der Waals surface area contributed by atoms with Crippen LogP contribution in [0, 0.1) is 13.8 Å². The van der Waals surface area contributed by atoms with Gasteiger partial charge in [-0.1, -0.05) is 25.4 Å². The van der Waals surface area contributed by atoms with Crippen LogP contribution in [0.2, 0.25) is 5.02 Å². The van der Waals surface area contributed by atoms with Crippen molar-refractivity contribution in [3.63, 3.8) is 0 Å². The second kappa shape index (κ2) is 5.37. The van der Waals surface area contributed by atoms with Gasteiger partial charge in [0, 0.05) is 12.1 Å². The van der Waals surface area contributed by atoms with Crippen molar-refractivity contribution in [3.8, 4) is 11.6 Å². The van der Waals surface area contributed by atoms with Crippen LogP contribution in [0.1, 0.15) is 36.6 Å². The number of anilines is 1. The first-order valence-corrected chi connectivity index (χ1v) is 6.96. The molecule has 1 aromatic heterocycles. The van der Waals surface area contributed by atoms with Crippen LogP contribution in [0.4, 0.5) is 5.69 Å². The quantitative estimate of drug-likeness (QED) is 0.923. The molecule has 0 fully saturated rings. The summed E-state index contributed by atoms with van der Waals surface area (Å²) >= 11 is 6.27. The molecule has 0 amide bonds. The molecule has 0 spiro atoms. The van der Waals surface area contributed by atoms with E-state index in [2.05, 4.69) is 18.9 Å². The first-order valence-electron chi connectivity index (χ1n) is 6.58. The summed E-state index contributed by atoms with van der Waals surface area (Å²) in [6.07, 6.45) is 0. The summed E-state index contributed by atoms with van der Waals surface area (Å²) in [6.45, 7) is 8.02. The van der Waals surface area contributed by atoms with Crippen LogP contribution in [0.5, 0.6) is 11.6 Å². The van der Waals surface area contributed by atoms with Gasteiger partial charge in [0.05, 0.1) is 5.69 Å². The Morgan fingerprint density at radius 2 is 1.95 bits per heavy atom. The molecule has 1 heterocycles. The zero-order valence-corrected chi connectivity index (χ0v) is 13.2. The van der Waals surface area contributed by atoms with E-state index >= 15 is 0 Å². The van der Waals surface area contributed by atoms with Crippen LogP contribution in [-0.4, -0.2) is 9.78 Å². The van der Waals surface area contributed by atoms with Gasteiger partial charge in [0.15, 0.2) is 0 Å². The molecular weight excluding hydrogens is 274 g/mol. The molecule has 0 unspecified atom stereocenters. The number of nitrogen functional groups attached to an aromatic ring is 1. The summed E-state index contributed by atoms with van der Waals surface area (Å²) in [6, 6.07) is 3.90. The van der Waals surface area contributed by atoms with E-state index in [1.54, 1.807) is 4.68 Å². The number of hydrogen-bond donors (Lipinski definition) is 1. The molecule has 0 aliphatic rings. The maximum atomic E-state index is 6.27. The van der Waals surface area contributed by atoms with Crippen molar-refractivity contribution >= 4 is 17.3 Å². The lowest BCUT2D eigenvalue weighted by molar-refractivity contribution is 0.429. The zero-order valence-electron chi connectivity index (χ0n) is 12.5. The largest absolute Gasteiger partial charge is 0.437 e. The van der Waals surface area contributed by atoms with E-state index in [1.165, 1.54) is 0 Å². The zero-order chi connectivity index (χ0) is 15.0. The van der Waals surface area contributed by atoms with E-state index in [-0.39, 0.29) is 0 Å². The Labute approximate surface area is 124 Å². The third kappa shape index (κ3) is 2.61. The lowest BCUT2D eigenvalue weighted by atomic mass is 10.0. The average molecular weight is 294 g/mol. The summed E-state index contributed by atoms with van der Waals surface area (Å²) in [5, 5.41) is 5.02. The first-order chi connectivity index (χ1) is 9.31. The fraction of sp³-hybridized carbons (Fsp3) is 0.400. The number of aromatic nitrogens is 2. The molecule has 0 aliphatic carbocycles. The highest BCUT2D eigenvalue weighted by atomic mass is 35.5. The number of nitrogens with zero attached hydrogens (tertiary/aromatic N) is 2. The number of hydrogen-bond acceptors (Lipinski definition) is 3. The van der Waals surface area contributed by atoms with Crippen LogP contribution in [0.15, 0.2) is 12.1 Å². The molecule has 0 bridgehead atoms. The molecule has 0 atom stereocenters. The predicted octanol–water partition coefficient (Wildman–Crippen LogP) is 4.19. The Kier molecular flexibility index (Phi) is 3.95. The first kappa shape index (κ1) is 14.7. The maximum Gasteiger partial charge on any atom is 0.241 e. The highest BCUT2D eigenvalue weighted by molar-refractivity contribution is 6.31. The van der Waals surface area contributed by atoms with E-state index in [4.69, 9.17) is 22.1 Å². The van der Waals surface area contributed by atoms with E-state index < -0.39 is 0 Å². The normalized spacial score (nSPS) is 11.2. The Bertz CT molecular complexity index is 647. The second-order valence-electron chi connectivity index (χ2n) is 5.32. The van der Waals surface area contributed by atoms with Crippen molar-refractivity contribution in [2.24, 2.45) is 7.05 Å². The Balaban J connectivity index is 2.46. The van der Waals surface area contributed by atoms with Gasteiger partial charge in [-0.2, -0.15) is 5.10 Å². The fourth-order valence-electron chi connectivity index (χ4n) is 2.10. The minimum Gasteiger partial charge on any atom is -0.437 e. The standard InChI is InChI=1S/C15H20ClN3O/c1-8(2)11-7-13(9(3)6-12(11)16)20-15-14(17)10(4)18-19(15)5/h6-8H,17H2,1-5H3. The molecule has 0 aliphatic heterocycles. The van der Waals surface area contributed by atoms with Crippen molar-refractivity contribution in [3.05, 3.63) is 34.0 Å². The van der Waals surface area contributed by atoms with Crippen LogP contribution >= 0.6 is 11.6 Å². The third-order valence-corrected chi connectivity index (χ3v) is 3.66. The van der Waals surface area contributed by atoms with Gasteiger partial charge in [-0.3, -0.25) is 0 Å². The molecule has 2 N–H and O–H groups in total. The average Bonchev–Trinajstić information content (AvgIpc) is 2.58. The van der Waals surface area contributed by atoms with Gasteiger partial charge in [-0.15, -0.1) is 0 Å². The number of aryl methyl sites for hydroxylation is 3. The van der Waals surface area contributed by atoms with E-state index in [0.717, 1.165) is 27.6 Å². The molecule has 0 radical (unpaired) electrons. The molecule has 0 saturated heterocycles. The molecule has 108 valence electrons. The second-order valence-corrected chi connectivity index (χ2v) is 5.73. The molecule has 5 heteroatoms. The van der Waals surface area contributed by atoms with E-state index in [1.807, 2.05) is 33.0 Å². The molecule has 20 heavy (non-hydrogen) atoms. The lowest BCUT2D eigenvalue weighted by Crippen LogP contribution is -2.00. The Hall–Kier alpha value is -1.68. The molecule has 4 nitrogen and oxygen atoms in total. The topological polar surface area (TPSA) is 53.1 Å². The smallest absolute Gasteiger partial charge is 0.241 e. The van der Waals surface area contributed by atoms with Gasteiger partial charge >= 0.3 is 0 Å². The highest BCUT2D eigenvalue weighted by Crippen LogP contribution is 2.35. The lowest BCUT2D eigenvalue weighted by Gasteiger charge is -2.14. The van der Waals surface area contributed by atoms with Gasteiger partial charge in [-0.25, -0.2) is 4.68 Å². The summed E-state index contributed by atoms with van der Waals surface area (Å²) in [5.74, 6) is 1.64. The number of rotatable bonds is 3. The minimum atomic E-state index is 0.330. The van der Waals surface area contributed by atoms with Crippen molar-refractivity contribution in [2.45, 2.75) is 33.6 Å². The number of halogens is 1. The predicted molar refractivity (Wildman–Crippen MR) is 82.7 cm³/mol. The molecular formula is C15H20ClN3O. The van der Waals surface area contributed by atoms with E-state index in [9.17, 15) is 0 Å². The summed E-state index contributed by atoms with van der Waals surface area (Å²) in [5.41, 5.74) is 9.35. The van der Waals surface area contributed by atoms with Gasteiger partial charge in [0.25, 0.3) is 0 Å². The van der Waals surface area contributed by atoms with Crippen LogP contribution in [-0.2, 0) is 7.05 Å². The SMILES string of the molecule is Cc1cc(Cl)c(C(C)C)cc1Oc1c(N)c(C)nn1C. The van der Waals surface area contributed by atoms with Crippen molar-refractivity contribution in [1.82, 2.24) is 9.78 Å². The van der Waals surface area contributed by atoms with Gasteiger partial charge < -0.3 is 10.5 Å². The van der Waals surface area contributed by atoms with Crippen LogP contribution in [0.25, 0.3) is 0 Å². The summed E-state index contributed by atoms with van der Waals surface area (Å²) in [7, 11) is 1.81. The monoisotopic (exact) mass is 293 g/mol. The van der Waals surface area contributed by atoms with Crippen LogP contribution in [0.3, 0.4) is 0 Å².